The molecule has 180 valence electrons. The number of thiazole rings is 1. The highest BCUT2D eigenvalue weighted by molar-refractivity contribution is 7.99. The first-order valence-electron chi connectivity index (χ1n) is 11.2. The number of hydrogen-bond donors (Lipinski definition) is 2. The summed E-state index contributed by atoms with van der Waals surface area (Å²) in [4.78, 5) is 6.59. The van der Waals surface area contributed by atoms with Crippen LogP contribution in [-0.4, -0.2) is 23.4 Å². The number of aromatic nitrogens is 1. The quantitative estimate of drug-likeness (QED) is 0.204. The molecule has 3 N–H and O–H groups in total. The van der Waals surface area contributed by atoms with Gasteiger partial charge in [0.15, 0.2) is 5.13 Å². The molecule has 2 heterocycles. The molecule has 1 aliphatic rings. The standard InChI is InChI=1S/C15H19N3OS2.C9H16.C2HCl/c1-10-14(16)18-15(21-10)17-11-4-2-6-13(8-11)20-9-12-5-3-7-19-12;1-3-5-7-9-8-6-4-2;1-2-3/h2,4,6,8,12H,3,5,7,9,16H2,1H3,(H,17,18);5-8H,3-4,9H2,1-2H3;1H/b;7-5-,8-6-;. The SMILES string of the molecule is C#CCl.CC/C=C\C/C=C\CC.Cc1sc(Nc2cccc(SCC3CCCO3)c2)nc1N. The largest absolute Gasteiger partial charge is 0.383 e. The number of benzene rings is 1. The molecule has 1 aromatic carbocycles. The summed E-state index contributed by atoms with van der Waals surface area (Å²) in [7, 11) is 0. The van der Waals surface area contributed by atoms with Crippen molar-refractivity contribution < 1.29 is 4.74 Å². The molecule has 1 atom stereocenters. The highest BCUT2D eigenvalue weighted by Gasteiger charge is 2.15. The maximum absolute atomic E-state index is 5.78. The zero-order valence-corrected chi connectivity index (χ0v) is 22.2. The predicted molar refractivity (Wildman–Crippen MR) is 149 cm³/mol. The molecule has 0 amide bonds. The van der Waals surface area contributed by atoms with Gasteiger partial charge in [0, 0.05) is 33.2 Å². The summed E-state index contributed by atoms with van der Waals surface area (Å²) < 4.78 is 5.66. The Kier molecular flexibility index (Phi) is 16.3. The number of thioether (sulfide) groups is 1. The van der Waals surface area contributed by atoms with Gasteiger partial charge < -0.3 is 15.8 Å². The van der Waals surface area contributed by atoms with Crippen molar-refractivity contribution in [3.63, 3.8) is 0 Å². The maximum atomic E-state index is 5.78. The minimum absolute atomic E-state index is 0.410. The number of allylic oxidation sites excluding steroid dienone is 4. The van der Waals surface area contributed by atoms with Crippen LogP contribution in [-0.2, 0) is 4.74 Å². The van der Waals surface area contributed by atoms with E-state index in [-0.39, 0.29) is 0 Å². The average molecular weight is 506 g/mol. The number of ether oxygens (including phenoxy) is 1. The molecule has 1 unspecified atom stereocenters. The lowest BCUT2D eigenvalue weighted by Gasteiger charge is -2.09. The van der Waals surface area contributed by atoms with Crippen LogP contribution < -0.4 is 11.1 Å². The summed E-state index contributed by atoms with van der Waals surface area (Å²) in [6.07, 6.45) is 19.3. The smallest absolute Gasteiger partial charge is 0.189 e. The first kappa shape index (κ1) is 29.1. The lowest BCUT2D eigenvalue weighted by Crippen LogP contribution is -2.07. The van der Waals surface area contributed by atoms with Gasteiger partial charge in [0.2, 0.25) is 0 Å². The zero-order valence-electron chi connectivity index (χ0n) is 19.9. The average Bonchev–Trinajstić information content (AvgIpc) is 3.43. The van der Waals surface area contributed by atoms with Gasteiger partial charge >= 0.3 is 0 Å². The molecule has 0 radical (unpaired) electrons. The summed E-state index contributed by atoms with van der Waals surface area (Å²) in [5.41, 5.74) is 6.83. The molecular weight excluding hydrogens is 470 g/mol. The zero-order chi connectivity index (χ0) is 24.3. The Morgan fingerprint density at radius 2 is 2.00 bits per heavy atom. The van der Waals surface area contributed by atoms with Crippen molar-refractivity contribution >= 4 is 51.3 Å². The van der Waals surface area contributed by atoms with Crippen molar-refractivity contribution in [1.29, 1.82) is 0 Å². The molecular formula is C26H36ClN3OS2. The van der Waals surface area contributed by atoms with E-state index in [4.69, 9.17) is 10.5 Å². The molecule has 0 saturated carbocycles. The first-order valence-corrected chi connectivity index (χ1v) is 13.4. The van der Waals surface area contributed by atoms with E-state index in [1.165, 1.54) is 17.7 Å². The summed E-state index contributed by atoms with van der Waals surface area (Å²) in [6.45, 7) is 7.20. The lowest BCUT2D eigenvalue weighted by molar-refractivity contribution is 0.129. The van der Waals surface area contributed by atoms with Gasteiger partial charge in [-0.15, -0.1) is 18.2 Å². The Morgan fingerprint density at radius 1 is 1.30 bits per heavy atom. The monoisotopic (exact) mass is 505 g/mol. The van der Waals surface area contributed by atoms with Gasteiger partial charge in [-0.25, -0.2) is 4.98 Å². The van der Waals surface area contributed by atoms with Crippen LogP contribution in [0.5, 0.6) is 0 Å². The molecule has 33 heavy (non-hydrogen) atoms. The third-order valence-electron chi connectivity index (χ3n) is 4.45. The van der Waals surface area contributed by atoms with Gasteiger partial charge in [0.1, 0.15) is 5.82 Å². The maximum Gasteiger partial charge on any atom is 0.189 e. The van der Waals surface area contributed by atoms with E-state index < -0.39 is 0 Å². The molecule has 1 saturated heterocycles. The second kappa shape index (κ2) is 18.5. The normalized spacial score (nSPS) is 14.9. The minimum atomic E-state index is 0.410. The van der Waals surface area contributed by atoms with Crippen LogP contribution in [0.1, 0.15) is 50.8 Å². The van der Waals surface area contributed by atoms with E-state index in [2.05, 4.69) is 84.7 Å². The van der Waals surface area contributed by atoms with E-state index in [0.717, 1.165) is 47.3 Å². The molecule has 0 aliphatic carbocycles. The number of nitrogens with one attached hydrogen (secondary N) is 1. The Morgan fingerprint density at radius 3 is 2.55 bits per heavy atom. The number of halogens is 1. The number of nitrogens with two attached hydrogens (primary N) is 1. The van der Waals surface area contributed by atoms with Gasteiger partial charge in [0.05, 0.1) is 6.10 Å². The lowest BCUT2D eigenvalue weighted by atomic mass is 10.3. The van der Waals surface area contributed by atoms with E-state index >= 15 is 0 Å². The third kappa shape index (κ3) is 13.4. The van der Waals surface area contributed by atoms with Crippen molar-refractivity contribution in [2.45, 2.75) is 63.9 Å². The van der Waals surface area contributed by atoms with Crippen LogP contribution >= 0.6 is 34.7 Å². The fourth-order valence-electron chi connectivity index (χ4n) is 2.82. The molecule has 7 heteroatoms. The van der Waals surface area contributed by atoms with Crippen molar-refractivity contribution in [3.05, 3.63) is 53.4 Å². The van der Waals surface area contributed by atoms with Crippen LogP contribution in [0.15, 0.2) is 53.5 Å². The van der Waals surface area contributed by atoms with Crippen molar-refractivity contribution in [2.24, 2.45) is 0 Å². The van der Waals surface area contributed by atoms with Gasteiger partial charge in [-0.05, 0) is 68.8 Å². The van der Waals surface area contributed by atoms with Gasteiger partial charge in [-0.1, -0.05) is 55.6 Å². The highest BCUT2D eigenvalue weighted by atomic mass is 35.5. The second-order valence-corrected chi connectivity index (χ2v) is 9.68. The molecule has 0 spiro atoms. The van der Waals surface area contributed by atoms with Crippen LogP contribution in [0.2, 0.25) is 0 Å². The Balaban J connectivity index is 0.000000382. The summed E-state index contributed by atoms with van der Waals surface area (Å²) in [5, 5.41) is 5.88. The van der Waals surface area contributed by atoms with Crippen LogP contribution in [0, 0.1) is 18.7 Å². The molecule has 1 aromatic heterocycles. The van der Waals surface area contributed by atoms with Gasteiger partial charge in [0.25, 0.3) is 0 Å². The first-order chi connectivity index (χ1) is 16.0. The van der Waals surface area contributed by atoms with Crippen LogP contribution in [0.4, 0.5) is 16.6 Å². The molecule has 4 nitrogen and oxygen atoms in total. The van der Waals surface area contributed by atoms with Crippen molar-refractivity contribution in [2.75, 3.05) is 23.4 Å². The Hall–Kier alpha value is -1.91. The Labute approximate surface area is 213 Å². The minimum Gasteiger partial charge on any atom is -0.383 e. The van der Waals surface area contributed by atoms with Gasteiger partial charge in [-0.2, -0.15) is 0 Å². The fourth-order valence-corrected chi connectivity index (χ4v) is 4.60. The Bertz CT molecular complexity index is 852. The van der Waals surface area contributed by atoms with Crippen molar-refractivity contribution in [3.8, 4) is 11.8 Å². The second-order valence-electron chi connectivity index (χ2n) is 7.16. The number of anilines is 3. The highest BCUT2D eigenvalue weighted by Crippen LogP contribution is 2.29. The molecule has 2 aromatic rings. The molecule has 1 fully saturated rings. The molecule has 1 aliphatic heterocycles. The number of hydrogen-bond acceptors (Lipinski definition) is 6. The van der Waals surface area contributed by atoms with Crippen LogP contribution in [0.3, 0.4) is 0 Å². The number of rotatable bonds is 9. The van der Waals surface area contributed by atoms with Gasteiger partial charge in [-0.3, -0.25) is 0 Å². The third-order valence-corrected chi connectivity index (χ3v) is 6.48. The fraction of sp³-hybridized carbons (Fsp3) is 0.423. The number of aryl methyl sites for hydroxylation is 1. The number of nitrogens with zero attached hydrogens (tertiary/aromatic N) is 1. The molecule has 0 bridgehead atoms. The molecule has 3 rings (SSSR count). The summed E-state index contributed by atoms with van der Waals surface area (Å²) >= 11 is 7.95. The van der Waals surface area contributed by atoms with E-state index in [1.54, 1.807) is 16.7 Å². The van der Waals surface area contributed by atoms with Crippen molar-refractivity contribution in [1.82, 2.24) is 4.98 Å². The van der Waals surface area contributed by atoms with Crippen LogP contribution in [0.25, 0.3) is 0 Å². The number of terminal acetylenes is 1. The summed E-state index contributed by atoms with van der Waals surface area (Å²) in [6, 6.07) is 8.38. The van der Waals surface area contributed by atoms with E-state index in [0.29, 0.717) is 11.9 Å². The van der Waals surface area contributed by atoms with E-state index in [1.807, 2.05) is 24.8 Å². The van der Waals surface area contributed by atoms with E-state index in [9.17, 15) is 0 Å². The summed E-state index contributed by atoms with van der Waals surface area (Å²) in [5.74, 6) is 1.62. The topological polar surface area (TPSA) is 60.2 Å². The number of nitrogen functional groups attached to an aromatic ring is 1. The predicted octanol–water partition coefficient (Wildman–Crippen LogP) is 8.17.